The number of ether oxygens (including phenoxy) is 1. The number of carbonyl (C=O) groups excluding carboxylic acids is 1. The number of hydrogen-bond acceptors (Lipinski definition) is 2. The summed E-state index contributed by atoms with van der Waals surface area (Å²) in [5, 5.41) is 0. The molecule has 3 heteroatoms. The molecule has 0 fully saturated rings. The molecule has 0 bridgehead atoms. The van der Waals surface area contributed by atoms with Gasteiger partial charge in [-0.2, -0.15) is 0 Å². The molecule has 0 aliphatic heterocycles. The topological polar surface area (TPSA) is 26.3 Å². The average Bonchev–Trinajstić information content (AvgIpc) is 2.50. The van der Waals surface area contributed by atoms with Gasteiger partial charge in [-0.15, -0.1) is 0 Å². The highest BCUT2D eigenvalue weighted by Gasteiger charge is 2.37. The van der Waals surface area contributed by atoms with Crippen molar-refractivity contribution >= 4 is 21.9 Å². The van der Waals surface area contributed by atoms with Gasteiger partial charge in [-0.25, -0.2) is 0 Å². The van der Waals surface area contributed by atoms with E-state index in [2.05, 4.69) is 48.0 Å². The number of hydrogen-bond donors (Lipinski definition) is 0. The normalized spacial score (nSPS) is 21.1. The Kier molecular flexibility index (Phi) is 3.30. The molecule has 0 heterocycles. The van der Waals surface area contributed by atoms with Gasteiger partial charge in [0.1, 0.15) is 0 Å². The zero-order chi connectivity index (χ0) is 12.6. The predicted octanol–water partition coefficient (Wildman–Crippen LogP) is 3.78. The van der Waals surface area contributed by atoms with Crippen molar-refractivity contribution in [1.29, 1.82) is 0 Å². The second kappa shape index (κ2) is 4.45. The van der Waals surface area contributed by atoms with Gasteiger partial charge in [-0.3, -0.25) is 4.79 Å². The summed E-state index contributed by atoms with van der Waals surface area (Å²) in [4.78, 5) is 11.4. The third kappa shape index (κ3) is 2.39. The summed E-state index contributed by atoms with van der Waals surface area (Å²) >= 11 is 3.50. The molecule has 1 aliphatic carbocycles. The number of benzene rings is 1. The van der Waals surface area contributed by atoms with Crippen LogP contribution >= 0.6 is 15.9 Å². The Morgan fingerprint density at radius 2 is 2.24 bits per heavy atom. The minimum Gasteiger partial charge on any atom is -0.469 e. The van der Waals surface area contributed by atoms with Crippen LogP contribution in [0.3, 0.4) is 0 Å². The van der Waals surface area contributed by atoms with Gasteiger partial charge in [0.15, 0.2) is 0 Å². The summed E-state index contributed by atoms with van der Waals surface area (Å²) < 4.78 is 5.85. The first-order valence-electron chi connectivity index (χ1n) is 5.81. The Bertz CT molecular complexity index is 452. The Morgan fingerprint density at radius 1 is 1.53 bits per heavy atom. The van der Waals surface area contributed by atoms with Crippen molar-refractivity contribution in [2.24, 2.45) is 0 Å². The fourth-order valence-electron chi connectivity index (χ4n) is 2.79. The zero-order valence-electron chi connectivity index (χ0n) is 10.4. The lowest BCUT2D eigenvalue weighted by Crippen LogP contribution is -2.13. The van der Waals surface area contributed by atoms with E-state index < -0.39 is 0 Å². The molecule has 2 nitrogen and oxygen atoms in total. The quantitative estimate of drug-likeness (QED) is 0.777. The minimum atomic E-state index is -0.126. The van der Waals surface area contributed by atoms with Crippen LogP contribution in [0.1, 0.15) is 43.7 Å². The van der Waals surface area contributed by atoms with Crippen molar-refractivity contribution in [1.82, 2.24) is 0 Å². The molecule has 92 valence electrons. The number of carbonyl (C=O) groups is 1. The van der Waals surface area contributed by atoms with E-state index in [0.29, 0.717) is 6.42 Å². The minimum absolute atomic E-state index is 0.126. The van der Waals surface area contributed by atoms with E-state index in [9.17, 15) is 4.79 Å². The van der Waals surface area contributed by atoms with Crippen molar-refractivity contribution in [2.45, 2.75) is 38.0 Å². The lowest BCUT2D eigenvalue weighted by molar-refractivity contribution is -0.141. The lowest BCUT2D eigenvalue weighted by Gasteiger charge is -2.19. The van der Waals surface area contributed by atoms with Crippen LogP contribution in [0, 0.1) is 0 Å². The molecular weight excluding hydrogens is 280 g/mol. The number of fused-ring (bicyclic) bond motifs is 1. The third-order valence-corrected chi connectivity index (χ3v) is 4.07. The first-order chi connectivity index (χ1) is 7.94. The Labute approximate surface area is 110 Å². The first-order valence-corrected chi connectivity index (χ1v) is 6.60. The second-order valence-corrected chi connectivity index (χ2v) is 6.21. The highest BCUT2D eigenvalue weighted by molar-refractivity contribution is 9.10. The summed E-state index contributed by atoms with van der Waals surface area (Å²) in [5.74, 6) is 0.156. The fraction of sp³-hybridized carbons (Fsp3) is 0.500. The van der Waals surface area contributed by atoms with Crippen molar-refractivity contribution in [2.75, 3.05) is 7.11 Å². The van der Waals surface area contributed by atoms with Crippen LogP contribution in [0.15, 0.2) is 22.7 Å². The number of esters is 1. The van der Waals surface area contributed by atoms with Crippen molar-refractivity contribution in [3.63, 3.8) is 0 Å². The van der Waals surface area contributed by atoms with Crippen molar-refractivity contribution < 1.29 is 9.53 Å². The second-order valence-electron chi connectivity index (χ2n) is 5.30. The third-order valence-electron chi connectivity index (χ3n) is 3.58. The molecule has 0 N–H and O–H groups in total. The van der Waals surface area contributed by atoms with Crippen LogP contribution in [0.5, 0.6) is 0 Å². The van der Waals surface area contributed by atoms with Crippen LogP contribution in [-0.4, -0.2) is 13.1 Å². The van der Waals surface area contributed by atoms with Gasteiger partial charge in [-0.05, 0) is 41.0 Å². The van der Waals surface area contributed by atoms with Crippen LogP contribution in [0.4, 0.5) is 0 Å². The van der Waals surface area contributed by atoms with Gasteiger partial charge in [0.05, 0.1) is 13.5 Å². The van der Waals surface area contributed by atoms with E-state index in [4.69, 9.17) is 4.74 Å². The summed E-state index contributed by atoms with van der Waals surface area (Å²) in [6.07, 6.45) is 1.48. The van der Waals surface area contributed by atoms with Gasteiger partial charge < -0.3 is 4.74 Å². The molecule has 0 aromatic heterocycles. The van der Waals surface area contributed by atoms with E-state index >= 15 is 0 Å². The smallest absolute Gasteiger partial charge is 0.306 e. The van der Waals surface area contributed by atoms with Crippen LogP contribution in [0.25, 0.3) is 0 Å². The molecule has 1 aromatic carbocycles. The van der Waals surface area contributed by atoms with Gasteiger partial charge in [0.2, 0.25) is 0 Å². The van der Waals surface area contributed by atoms with Crippen LogP contribution in [-0.2, 0) is 14.9 Å². The maximum Gasteiger partial charge on any atom is 0.306 e. The highest BCUT2D eigenvalue weighted by Crippen LogP contribution is 2.47. The standard InChI is InChI=1S/C14H17BrO2/c1-14(2)8-9(6-13(16)17-3)11-7-10(15)4-5-12(11)14/h4-5,7,9H,6,8H2,1-3H3. The Morgan fingerprint density at radius 3 is 2.88 bits per heavy atom. The average molecular weight is 297 g/mol. The molecule has 1 aromatic rings. The van der Waals surface area contributed by atoms with Gasteiger partial charge in [0, 0.05) is 4.47 Å². The van der Waals surface area contributed by atoms with E-state index in [1.165, 1.54) is 18.2 Å². The molecule has 0 saturated carbocycles. The molecule has 1 unspecified atom stereocenters. The molecule has 0 saturated heterocycles. The van der Waals surface area contributed by atoms with E-state index in [0.717, 1.165) is 10.9 Å². The van der Waals surface area contributed by atoms with Gasteiger partial charge in [0.25, 0.3) is 0 Å². The first kappa shape index (κ1) is 12.6. The molecule has 0 spiro atoms. The highest BCUT2D eigenvalue weighted by atomic mass is 79.9. The molecule has 17 heavy (non-hydrogen) atoms. The summed E-state index contributed by atoms with van der Waals surface area (Å²) in [6, 6.07) is 6.37. The van der Waals surface area contributed by atoms with Crippen LogP contribution < -0.4 is 0 Å². The largest absolute Gasteiger partial charge is 0.469 e. The monoisotopic (exact) mass is 296 g/mol. The molecule has 1 aliphatic rings. The van der Waals surface area contributed by atoms with E-state index in [1.54, 1.807) is 0 Å². The predicted molar refractivity (Wildman–Crippen MR) is 71.2 cm³/mol. The Hall–Kier alpha value is -0.830. The van der Waals surface area contributed by atoms with Gasteiger partial charge in [-0.1, -0.05) is 35.8 Å². The van der Waals surface area contributed by atoms with E-state index in [1.807, 2.05) is 0 Å². The van der Waals surface area contributed by atoms with E-state index in [-0.39, 0.29) is 17.3 Å². The van der Waals surface area contributed by atoms with Crippen molar-refractivity contribution in [3.8, 4) is 0 Å². The van der Waals surface area contributed by atoms with Crippen LogP contribution in [0.2, 0.25) is 0 Å². The summed E-state index contributed by atoms with van der Waals surface area (Å²) in [5.41, 5.74) is 2.79. The maximum absolute atomic E-state index is 11.4. The molecule has 2 rings (SSSR count). The summed E-state index contributed by atoms with van der Waals surface area (Å²) in [6.45, 7) is 4.47. The SMILES string of the molecule is COC(=O)CC1CC(C)(C)c2ccc(Br)cc21. The molecular formula is C14H17BrO2. The van der Waals surface area contributed by atoms with Crippen molar-refractivity contribution in [3.05, 3.63) is 33.8 Å². The number of rotatable bonds is 2. The maximum atomic E-state index is 11.4. The lowest BCUT2D eigenvalue weighted by atomic mass is 9.86. The molecule has 1 atom stereocenters. The zero-order valence-corrected chi connectivity index (χ0v) is 12.0. The summed E-state index contributed by atoms with van der Waals surface area (Å²) in [7, 11) is 1.45. The molecule has 0 radical (unpaired) electrons. The molecule has 0 amide bonds. The number of halogens is 1. The Balaban J connectivity index is 2.35. The van der Waals surface area contributed by atoms with Gasteiger partial charge >= 0.3 is 5.97 Å². The fourth-order valence-corrected chi connectivity index (χ4v) is 3.17. The number of methoxy groups -OCH3 is 1.